The van der Waals surface area contributed by atoms with Crippen molar-refractivity contribution < 1.29 is 0 Å². The van der Waals surface area contributed by atoms with Crippen LogP contribution in [0.1, 0.15) is 57.5 Å². The third-order valence-electron chi connectivity index (χ3n) is 3.92. The fourth-order valence-corrected chi connectivity index (χ4v) is 4.27. The Hall–Kier alpha value is -0.190. The maximum atomic E-state index is 6.22. The summed E-state index contributed by atoms with van der Waals surface area (Å²) in [5.41, 5.74) is 1.05. The summed E-state index contributed by atoms with van der Waals surface area (Å²) in [6, 6.07) is 0.624. The van der Waals surface area contributed by atoms with Crippen molar-refractivity contribution >= 4 is 23.4 Å². The number of nitrogens with zero attached hydrogens (tertiary/aromatic N) is 1. The molecule has 1 heterocycles. The molecule has 0 spiro atoms. The van der Waals surface area contributed by atoms with Crippen LogP contribution < -0.4 is 5.32 Å². The number of halogens is 1. The lowest BCUT2D eigenvalue weighted by atomic mass is 10.2. The number of aromatic amines is 1. The number of hydrogen-bond donors (Lipinski definition) is 2. The smallest absolute Gasteiger partial charge is 0.151 e. The van der Waals surface area contributed by atoms with E-state index >= 15 is 0 Å². The van der Waals surface area contributed by atoms with Gasteiger partial charge in [0.2, 0.25) is 0 Å². The van der Waals surface area contributed by atoms with Crippen molar-refractivity contribution in [2.24, 2.45) is 0 Å². The van der Waals surface area contributed by atoms with Gasteiger partial charge in [0.15, 0.2) is 5.15 Å². The van der Waals surface area contributed by atoms with Crippen LogP contribution in [0.3, 0.4) is 0 Å². The van der Waals surface area contributed by atoms with Crippen LogP contribution in [-0.4, -0.2) is 27.0 Å². The summed E-state index contributed by atoms with van der Waals surface area (Å²) in [6.07, 6.45) is 7.31. The molecule has 0 radical (unpaired) electrons. The van der Waals surface area contributed by atoms with Crippen molar-refractivity contribution in [3.8, 4) is 0 Å². The van der Waals surface area contributed by atoms with Crippen molar-refractivity contribution in [1.82, 2.24) is 15.3 Å². The molecule has 114 valence electrons. The molecule has 20 heavy (non-hydrogen) atoms. The maximum absolute atomic E-state index is 6.22. The number of thioether (sulfide) groups is 1. The van der Waals surface area contributed by atoms with Gasteiger partial charge in [0, 0.05) is 24.3 Å². The van der Waals surface area contributed by atoms with Gasteiger partial charge in [0.1, 0.15) is 5.82 Å². The molecule has 1 aromatic rings. The second-order valence-electron chi connectivity index (χ2n) is 5.47. The first-order valence-corrected chi connectivity index (χ1v) is 9.25. The molecule has 2 N–H and O–H groups in total. The van der Waals surface area contributed by atoms with Crippen LogP contribution in [0.5, 0.6) is 0 Å². The Morgan fingerprint density at radius 2 is 2.25 bits per heavy atom. The molecular formula is C15H26ClN3S. The largest absolute Gasteiger partial charge is 0.344 e. The number of hydrogen-bond acceptors (Lipinski definition) is 3. The lowest BCUT2D eigenvalue weighted by molar-refractivity contribution is 0.527. The Balaban J connectivity index is 1.85. The summed E-state index contributed by atoms with van der Waals surface area (Å²) in [4.78, 5) is 7.79. The van der Waals surface area contributed by atoms with Gasteiger partial charge >= 0.3 is 0 Å². The lowest BCUT2D eigenvalue weighted by Gasteiger charge is -2.19. The van der Waals surface area contributed by atoms with Crippen LogP contribution in [0.2, 0.25) is 5.15 Å². The normalized spacial score (nSPS) is 22.6. The molecule has 0 amide bonds. The first kappa shape index (κ1) is 16.2. The van der Waals surface area contributed by atoms with Gasteiger partial charge < -0.3 is 10.3 Å². The van der Waals surface area contributed by atoms with Crippen molar-refractivity contribution in [2.45, 2.75) is 70.2 Å². The topological polar surface area (TPSA) is 40.7 Å². The average molecular weight is 316 g/mol. The standard InChI is InChI=1S/C15H26ClN3S/c1-3-5-9-14-18-12(15(16)19-14)10-17-11-7-6-8-13(11)20-4-2/h11,13,17H,3-10H2,1-2H3,(H,18,19). The van der Waals surface area contributed by atoms with Gasteiger partial charge in [-0.15, -0.1) is 0 Å². The molecule has 1 fully saturated rings. The van der Waals surface area contributed by atoms with E-state index in [1.807, 2.05) is 0 Å². The zero-order valence-corrected chi connectivity index (χ0v) is 14.1. The molecule has 0 saturated heterocycles. The quantitative estimate of drug-likeness (QED) is 0.756. The molecule has 1 aliphatic carbocycles. The van der Waals surface area contributed by atoms with E-state index in [0.29, 0.717) is 11.2 Å². The second kappa shape index (κ2) is 8.30. The Labute approximate surface area is 131 Å². The van der Waals surface area contributed by atoms with Gasteiger partial charge in [0.25, 0.3) is 0 Å². The molecule has 1 aliphatic rings. The number of unbranched alkanes of at least 4 members (excludes halogenated alkanes) is 1. The molecule has 2 atom stereocenters. The molecule has 0 aromatic carbocycles. The zero-order chi connectivity index (χ0) is 14.4. The SMILES string of the molecule is CCCCc1nc(Cl)c(CNC2CCCC2SCC)[nH]1. The summed E-state index contributed by atoms with van der Waals surface area (Å²) in [7, 11) is 0. The van der Waals surface area contributed by atoms with Gasteiger partial charge in [0.05, 0.1) is 5.69 Å². The minimum atomic E-state index is 0.624. The highest BCUT2D eigenvalue weighted by Gasteiger charge is 2.26. The number of aromatic nitrogens is 2. The van der Waals surface area contributed by atoms with E-state index in [4.69, 9.17) is 11.6 Å². The maximum Gasteiger partial charge on any atom is 0.151 e. The molecule has 0 bridgehead atoms. The van der Waals surface area contributed by atoms with Crippen LogP contribution in [-0.2, 0) is 13.0 Å². The van der Waals surface area contributed by atoms with Crippen molar-refractivity contribution in [2.75, 3.05) is 5.75 Å². The van der Waals surface area contributed by atoms with E-state index in [9.17, 15) is 0 Å². The average Bonchev–Trinajstić information content (AvgIpc) is 3.01. The van der Waals surface area contributed by atoms with Crippen LogP contribution in [0, 0.1) is 0 Å². The minimum absolute atomic E-state index is 0.624. The molecule has 0 aliphatic heterocycles. The minimum Gasteiger partial charge on any atom is -0.344 e. The van der Waals surface area contributed by atoms with E-state index < -0.39 is 0 Å². The summed E-state index contributed by atoms with van der Waals surface area (Å²) in [6.45, 7) is 5.24. The van der Waals surface area contributed by atoms with Gasteiger partial charge in [-0.25, -0.2) is 4.98 Å². The predicted molar refractivity (Wildman–Crippen MR) is 88.6 cm³/mol. The summed E-state index contributed by atoms with van der Waals surface area (Å²) >= 11 is 8.30. The van der Waals surface area contributed by atoms with E-state index in [1.165, 1.54) is 31.4 Å². The fraction of sp³-hybridized carbons (Fsp3) is 0.800. The highest BCUT2D eigenvalue weighted by atomic mass is 35.5. The number of imidazole rings is 1. The van der Waals surface area contributed by atoms with Crippen LogP contribution in [0.25, 0.3) is 0 Å². The molecule has 5 heteroatoms. The third kappa shape index (κ3) is 4.40. The Morgan fingerprint density at radius 1 is 1.40 bits per heavy atom. The fourth-order valence-electron chi connectivity index (χ4n) is 2.83. The third-order valence-corrected chi connectivity index (χ3v) is 5.56. The molecule has 2 unspecified atom stereocenters. The highest BCUT2D eigenvalue weighted by molar-refractivity contribution is 7.99. The Bertz CT molecular complexity index is 408. The van der Waals surface area contributed by atoms with Crippen LogP contribution in [0.15, 0.2) is 0 Å². The lowest BCUT2D eigenvalue weighted by Crippen LogP contribution is -2.33. The Morgan fingerprint density at radius 3 is 3.00 bits per heavy atom. The molecule has 1 aromatic heterocycles. The molecular weight excluding hydrogens is 290 g/mol. The van der Waals surface area contributed by atoms with Crippen LogP contribution >= 0.6 is 23.4 Å². The molecule has 1 saturated carbocycles. The predicted octanol–water partition coefficient (Wildman–Crippen LogP) is 4.17. The Kier molecular flexibility index (Phi) is 6.72. The summed E-state index contributed by atoms with van der Waals surface area (Å²) in [5.74, 6) is 2.23. The molecule has 2 rings (SSSR count). The summed E-state index contributed by atoms with van der Waals surface area (Å²) < 4.78 is 0. The number of H-pyrrole nitrogens is 1. The second-order valence-corrected chi connectivity index (χ2v) is 7.34. The van der Waals surface area contributed by atoms with E-state index in [2.05, 4.69) is 40.9 Å². The zero-order valence-electron chi connectivity index (χ0n) is 12.5. The monoisotopic (exact) mass is 315 g/mol. The molecule has 3 nitrogen and oxygen atoms in total. The van der Waals surface area contributed by atoms with Gasteiger partial charge in [-0.1, -0.05) is 38.3 Å². The van der Waals surface area contributed by atoms with E-state index in [-0.39, 0.29) is 0 Å². The van der Waals surface area contributed by atoms with Crippen molar-refractivity contribution in [1.29, 1.82) is 0 Å². The number of rotatable bonds is 8. The van der Waals surface area contributed by atoms with Gasteiger partial charge in [-0.05, 0) is 25.0 Å². The van der Waals surface area contributed by atoms with E-state index in [1.54, 1.807) is 0 Å². The van der Waals surface area contributed by atoms with Gasteiger partial charge in [-0.2, -0.15) is 11.8 Å². The van der Waals surface area contributed by atoms with Gasteiger partial charge in [-0.3, -0.25) is 0 Å². The van der Waals surface area contributed by atoms with Crippen molar-refractivity contribution in [3.63, 3.8) is 0 Å². The number of aryl methyl sites for hydroxylation is 1. The first-order valence-electron chi connectivity index (χ1n) is 7.82. The summed E-state index contributed by atoms with van der Waals surface area (Å²) in [5, 5.41) is 5.07. The number of nitrogens with one attached hydrogen (secondary N) is 2. The van der Waals surface area contributed by atoms with Crippen LogP contribution in [0.4, 0.5) is 0 Å². The first-order chi connectivity index (χ1) is 9.74. The van der Waals surface area contributed by atoms with Crippen molar-refractivity contribution in [3.05, 3.63) is 16.7 Å². The highest BCUT2D eigenvalue weighted by Crippen LogP contribution is 2.30. The van der Waals surface area contributed by atoms with E-state index in [0.717, 1.165) is 36.2 Å².